The van der Waals surface area contributed by atoms with E-state index in [2.05, 4.69) is 18.8 Å². The number of pyridine rings is 1. The number of aliphatic hydroxyl groups is 3. The Morgan fingerprint density at radius 1 is 1.14 bits per heavy atom. The van der Waals surface area contributed by atoms with Gasteiger partial charge in [0.15, 0.2) is 5.78 Å². The van der Waals surface area contributed by atoms with Crippen LogP contribution in [0.5, 0.6) is 0 Å². The van der Waals surface area contributed by atoms with Crippen molar-refractivity contribution in [2.24, 2.45) is 29.1 Å². The van der Waals surface area contributed by atoms with E-state index in [-0.39, 0.29) is 46.7 Å². The zero-order valence-electron chi connectivity index (χ0n) is 16.8. The number of allylic oxidation sites excluding steroid dienone is 1. The van der Waals surface area contributed by atoms with Crippen molar-refractivity contribution in [2.75, 3.05) is 0 Å². The maximum absolute atomic E-state index is 12.4. The monoisotopic (exact) mass is 417 g/mol. The van der Waals surface area contributed by atoms with Crippen molar-refractivity contribution in [2.45, 2.75) is 63.6 Å². The van der Waals surface area contributed by atoms with E-state index < -0.39 is 12.2 Å². The first-order chi connectivity index (χ1) is 13.7. The number of rotatable bonds is 0. The Labute approximate surface area is 175 Å². The van der Waals surface area contributed by atoms with Gasteiger partial charge in [-0.1, -0.05) is 31.5 Å². The number of aromatic nitrogens is 1. The Bertz CT molecular complexity index is 916. The van der Waals surface area contributed by atoms with Gasteiger partial charge in [0.05, 0.1) is 24.2 Å². The molecule has 3 saturated carbocycles. The van der Waals surface area contributed by atoms with Crippen LogP contribution in [0, 0.1) is 29.1 Å². The lowest BCUT2D eigenvalue weighted by Crippen LogP contribution is -2.64. The molecule has 0 unspecified atom stereocenters. The minimum atomic E-state index is -0.937. The quantitative estimate of drug-likeness (QED) is 0.342. The van der Waals surface area contributed by atoms with Crippen LogP contribution in [0.3, 0.4) is 0 Å². The first kappa shape index (κ1) is 19.5. The van der Waals surface area contributed by atoms with Crippen molar-refractivity contribution in [3.63, 3.8) is 0 Å². The number of Topliss-reactive ketones (excluding diaryl/α,β-unsaturated/α-hetero) is 1. The molecule has 1 aromatic heterocycles. The van der Waals surface area contributed by atoms with E-state index in [9.17, 15) is 20.1 Å². The molecule has 0 bridgehead atoms. The Hall–Kier alpha value is -1.43. The molecule has 1 aromatic rings. The molecule has 8 atom stereocenters. The second-order valence-corrected chi connectivity index (χ2v) is 10.5. The summed E-state index contributed by atoms with van der Waals surface area (Å²) in [5.41, 5.74) is 2.17. The maximum Gasteiger partial charge on any atom is 0.162 e. The number of aliphatic hydroxyl groups excluding tert-OH is 3. The number of halogens is 1. The summed E-state index contributed by atoms with van der Waals surface area (Å²) >= 11 is 6.20. The minimum Gasteiger partial charge on any atom is -0.515 e. The molecule has 0 aromatic carbocycles. The van der Waals surface area contributed by atoms with E-state index in [1.165, 1.54) is 5.56 Å². The lowest BCUT2D eigenvalue weighted by molar-refractivity contribution is -0.201. The number of carbonyl (C=O) groups is 1. The summed E-state index contributed by atoms with van der Waals surface area (Å²) in [6, 6.07) is 3.87. The summed E-state index contributed by atoms with van der Waals surface area (Å²) in [7, 11) is 0. The van der Waals surface area contributed by atoms with Gasteiger partial charge >= 0.3 is 0 Å². The lowest BCUT2D eigenvalue weighted by Gasteiger charge is -2.62. The van der Waals surface area contributed by atoms with Crippen molar-refractivity contribution in [3.05, 3.63) is 40.4 Å². The van der Waals surface area contributed by atoms with Gasteiger partial charge in [-0.2, -0.15) is 0 Å². The smallest absolute Gasteiger partial charge is 0.162 e. The van der Waals surface area contributed by atoms with Gasteiger partial charge in [0.2, 0.25) is 0 Å². The summed E-state index contributed by atoms with van der Waals surface area (Å²) in [5, 5.41) is 32.4. The topological polar surface area (TPSA) is 90.7 Å². The average molecular weight is 418 g/mol. The molecule has 0 amide bonds. The predicted molar refractivity (Wildman–Crippen MR) is 109 cm³/mol. The van der Waals surface area contributed by atoms with Crippen LogP contribution in [0.2, 0.25) is 5.15 Å². The molecule has 0 spiro atoms. The van der Waals surface area contributed by atoms with Crippen molar-refractivity contribution in [3.8, 4) is 0 Å². The lowest BCUT2D eigenvalue weighted by atomic mass is 9.43. The van der Waals surface area contributed by atoms with Crippen molar-refractivity contribution in [1.29, 1.82) is 0 Å². The van der Waals surface area contributed by atoms with Crippen molar-refractivity contribution >= 4 is 17.4 Å². The molecule has 5 rings (SSSR count). The summed E-state index contributed by atoms with van der Waals surface area (Å²) in [5.74, 6) is -0.130. The fraction of sp³-hybridized carbons (Fsp3) is 0.652. The highest BCUT2D eigenvalue weighted by Crippen LogP contribution is 2.65. The molecule has 0 aliphatic heterocycles. The Kier molecular flexibility index (Phi) is 4.23. The fourth-order valence-electron chi connectivity index (χ4n) is 7.50. The van der Waals surface area contributed by atoms with Crippen LogP contribution in [0.25, 0.3) is 0 Å². The van der Waals surface area contributed by atoms with E-state index in [0.29, 0.717) is 17.1 Å². The van der Waals surface area contributed by atoms with Crippen LogP contribution >= 0.6 is 11.6 Å². The number of carbonyl (C=O) groups excluding carboxylic acids is 1. The van der Waals surface area contributed by atoms with Crippen LogP contribution in [-0.2, 0) is 16.6 Å². The highest BCUT2D eigenvalue weighted by Gasteiger charge is 2.65. The van der Waals surface area contributed by atoms with Crippen LogP contribution in [0.4, 0.5) is 0 Å². The van der Waals surface area contributed by atoms with Gasteiger partial charge in [0.1, 0.15) is 5.15 Å². The summed E-state index contributed by atoms with van der Waals surface area (Å²) in [6.45, 7) is 4.36. The Balaban J connectivity index is 1.58. The molecule has 29 heavy (non-hydrogen) atoms. The summed E-state index contributed by atoms with van der Waals surface area (Å²) < 4.78 is 0. The van der Waals surface area contributed by atoms with Crippen LogP contribution in [0.15, 0.2) is 24.0 Å². The highest BCUT2D eigenvalue weighted by atomic mass is 35.5. The largest absolute Gasteiger partial charge is 0.515 e. The van der Waals surface area contributed by atoms with Gasteiger partial charge in [0, 0.05) is 23.3 Å². The number of fused-ring (bicyclic) bond motifs is 7. The van der Waals surface area contributed by atoms with E-state index in [0.717, 1.165) is 31.2 Å². The first-order valence-corrected chi connectivity index (χ1v) is 11.0. The van der Waals surface area contributed by atoms with Gasteiger partial charge in [-0.3, -0.25) is 4.79 Å². The van der Waals surface area contributed by atoms with E-state index in [4.69, 9.17) is 11.6 Å². The molecule has 1 heterocycles. The summed E-state index contributed by atoms with van der Waals surface area (Å²) in [6.07, 6.45) is 2.45. The Morgan fingerprint density at radius 2 is 1.90 bits per heavy atom. The van der Waals surface area contributed by atoms with E-state index >= 15 is 0 Å². The standard InChI is InChI=1S/C23H28ClNO4/c1-22-6-5-13-18(14(22)7-11-3-4-17(24)25-21(11)22)20(29)19(28)15-8-16(27)12(10-26)9-23(13,15)2/h3-4,10,13-15,18-20,26,28-29H,5-9H2,1-2H3/t13-,14-,15+,18+,19+,20+,22-,23+/m0/s1. The number of hydrogen-bond acceptors (Lipinski definition) is 5. The number of ketones is 1. The minimum absolute atomic E-state index is 0.0777. The zero-order chi connectivity index (χ0) is 20.7. The second-order valence-electron chi connectivity index (χ2n) is 10.1. The normalized spacial score (nSPS) is 47.3. The predicted octanol–water partition coefficient (Wildman–Crippen LogP) is 3.35. The third-order valence-electron chi connectivity index (χ3n) is 8.99. The van der Waals surface area contributed by atoms with Crippen molar-refractivity contribution in [1.82, 2.24) is 4.98 Å². The molecule has 5 nitrogen and oxygen atoms in total. The van der Waals surface area contributed by atoms with E-state index in [1.807, 2.05) is 12.1 Å². The summed E-state index contributed by atoms with van der Waals surface area (Å²) in [4.78, 5) is 17.1. The highest BCUT2D eigenvalue weighted by molar-refractivity contribution is 6.29. The Morgan fingerprint density at radius 3 is 2.62 bits per heavy atom. The third kappa shape index (κ3) is 2.47. The van der Waals surface area contributed by atoms with Crippen LogP contribution < -0.4 is 0 Å². The number of nitrogens with zero attached hydrogens (tertiary/aromatic N) is 1. The van der Waals surface area contributed by atoms with Gasteiger partial charge in [-0.25, -0.2) is 4.98 Å². The average Bonchev–Trinajstić information content (AvgIpc) is 2.99. The SMILES string of the molecule is C[C@]12CC(=CO)C(=O)C[C@@H]1[C@@H](O)[C@H](O)[C@@H]1[C@@H]2CC[C@]2(C)c3nc(Cl)ccc3C[C@@H]12. The van der Waals surface area contributed by atoms with E-state index in [1.54, 1.807) is 0 Å². The van der Waals surface area contributed by atoms with Crippen LogP contribution in [-0.4, -0.2) is 38.3 Å². The van der Waals surface area contributed by atoms with Gasteiger partial charge in [-0.15, -0.1) is 0 Å². The molecular weight excluding hydrogens is 390 g/mol. The number of hydrogen-bond donors (Lipinski definition) is 3. The molecular formula is C23H28ClNO4. The molecule has 4 aliphatic carbocycles. The zero-order valence-corrected chi connectivity index (χ0v) is 17.6. The van der Waals surface area contributed by atoms with Gasteiger partial charge in [-0.05, 0) is 60.5 Å². The molecule has 0 saturated heterocycles. The maximum atomic E-state index is 12.4. The fourth-order valence-corrected chi connectivity index (χ4v) is 7.65. The van der Waals surface area contributed by atoms with Gasteiger partial charge < -0.3 is 15.3 Å². The van der Waals surface area contributed by atoms with Crippen LogP contribution in [0.1, 0.15) is 50.8 Å². The first-order valence-electron chi connectivity index (χ1n) is 10.6. The molecule has 156 valence electrons. The third-order valence-corrected chi connectivity index (χ3v) is 9.20. The van der Waals surface area contributed by atoms with Gasteiger partial charge in [0.25, 0.3) is 0 Å². The molecule has 6 heteroatoms. The van der Waals surface area contributed by atoms with Crippen molar-refractivity contribution < 1.29 is 20.1 Å². The second kappa shape index (κ2) is 6.29. The molecule has 3 N–H and O–H groups in total. The molecule has 0 radical (unpaired) electrons. The molecule has 4 aliphatic rings. The molecule has 3 fully saturated rings.